The van der Waals surface area contributed by atoms with Crippen LogP contribution in [0.3, 0.4) is 0 Å². The molecule has 1 heterocycles. The Balaban J connectivity index is 1.84. The molecule has 3 rings (SSSR count). The zero-order chi connectivity index (χ0) is 23.3. The number of carbonyl (C=O) groups is 1. The lowest BCUT2D eigenvalue weighted by Gasteiger charge is -2.22. The van der Waals surface area contributed by atoms with E-state index in [1.165, 1.54) is 16.4 Å². The van der Waals surface area contributed by atoms with Gasteiger partial charge in [0, 0.05) is 18.7 Å². The number of aryl methyl sites for hydroxylation is 1. The number of rotatable bonds is 7. The maximum absolute atomic E-state index is 13.2. The normalized spacial score (nSPS) is 16.2. The zero-order valence-corrected chi connectivity index (χ0v) is 20.4. The largest absolute Gasteiger partial charge is 0.496 e. The van der Waals surface area contributed by atoms with Gasteiger partial charge in [0.15, 0.2) is 0 Å². The highest BCUT2D eigenvalue weighted by Gasteiger charge is 2.28. The van der Waals surface area contributed by atoms with Crippen LogP contribution in [0, 0.1) is 6.92 Å². The van der Waals surface area contributed by atoms with Crippen molar-refractivity contribution in [2.45, 2.75) is 56.9 Å². The van der Waals surface area contributed by atoms with Crippen molar-refractivity contribution in [1.29, 1.82) is 0 Å². The summed E-state index contributed by atoms with van der Waals surface area (Å²) in [6, 6.07) is 10.0. The van der Waals surface area contributed by atoms with E-state index >= 15 is 0 Å². The Hall–Kier alpha value is -2.09. The lowest BCUT2D eigenvalue weighted by atomic mass is 10.0. The molecule has 1 aliphatic heterocycles. The molecule has 1 amide bonds. The molecule has 2 aromatic carbocycles. The van der Waals surface area contributed by atoms with Crippen molar-refractivity contribution in [1.82, 2.24) is 9.62 Å². The van der Waals surface area contributed by atoms with Crippen LogP contribution in [-0.2, 0) is 10.0 Å². The van der Waals surface area contributed by atoms with E-state index in [1.807, 2.05) is 32.0 Å². The Labute approximate surface area is 196 Å². The summed E-state index contributed by atoms with van der Waals surface area (Å²) in [6.45, 7) is 4.89. The minimum atomic E-state index is -3.76. The molecule has 0 unspecified atom stereocenters. The van der Waals surface area contributed by atoms with E-state index in [2.05, 4.69) is 5.32 Å². The Bertz CT molecular complexity index is 1060. The molecule has 0 spiro atoms. The number of methoxy groups -OCH3 is 1. The van der Waals surface area contributed by atoms with Gasteiger partial charge >= 0.3 is 0 Å². The van der Waals surface area contributed by atoms with E-state index in [0.29, 0.717) is 19.5 Å². The number of halogens is 1. The highest BCUT2D eigenvalue weighted by molar-refractivity contribution is 7.89. The Kier molecular flexibility index (Phi) is 8.20. The highest BCUT2D eigenvalue weighted by Crippen LogP contribution is 2.29. The molecule has 1 N–H and O–H groups in total. The number of hydrogen-bond acceptors (Lipinski definition) is 4. The molecule has 0 bridgehead atoms. The van der Waals surface area contributed by atoms with E-state index in [9.17, 15) is 13.2 Å². The van der Waals surface area contributed by atoms with Gasteiger partial charge in [-0.1, -0.05) is 43.5 Å². The van der Waals surface area contributed by atoms with Gasteiger partial charge in [-0.2, -0.15) is 4.31 Å². The second-order valence-corrected chi connectivity index (χ2v) is 10.4. The van der Waals surface area contributed by atoms with Gasteiger partial charge in [0.25, 0.3) is 5.91 Å². The van der Waals surface area contributed by atoms with Crippen LogP contribution < -0.4 is 10.1 Å². The monoisotopic (exact) mass is 478 g/mol. The lowest BCUT2D eigenvalue weighted by Crippen LogP contribution is -2.32. The van der Waals surface area contributed by atoms with Crippen LogP contribution in [0.1, 0.15) is 66.6 Å². The number of amides is 1. The summed E-state index contributed by atoms with van der Waals surface area (Å²) in [6.07, 6.45) is 4.38. The van der Waals surface area contributed by atoms with E-state index in [1.54, 1.807) is 13.2 Å². The third-order valence-corrected chi connectivity index (χ3v) is 8.29. The number of ether oxygens (including phenoxy) is 1. The summed E-state index contributed by atoms with van der Waals surface area (Å²) in [5.41, 5.74) is 2.21. The van der Waals surface area contributed by atoms with Crippen LogP contribution in [0.2, 0.25) is 5.02 Å². The first-order valence-corrected chi connectivity index (χ1v) is 12.8. The minimum Gasteiger partial charge on any atom is -0.496 e. The van der Waals surface area contributed by atoms with Crippen LogP contribution in [0.25, 0.3) is 0 Å². The number of sulfonamides is 1. The molecular weight excluding hydrogens is 448 g/mol. The fourth-order valence-corrected chi connectivity index (χ4v) is 6.06. The Morgan fingerprint density at radius 1 is 1.12 bits per heavy atom. The van der Waals surface area contributed by atoms with Crippen LogP contribution in [-0.4, -0.2) is 38.8 Å². The van der Waals surface area contributed by atoms with Crippen LogP contribution in [0.5, 0.6) is 5.75 Å². The first-order valence-electron chi connectivity index (χ1n) is 11.0. The molecule has 6 nitrogen and oxygen atoms in total. The zero-order valence-electron chi connectivity index (χ0n) is 18.9. The standard InChI is InChI=1S/C24H31ClN2O4S/c1-4-21(18-10-12-22(31-3)17(2)15-18)26-24(28)19-9-11-20(25)23(16-19)32(29,30)27-13-7-5-6-8-14-27/h9-12,15-16,21H,4-8,13-14H2,1-3H3,(H,26,28)/t21-/m0/s1. The van der Waals surface area contributed by atoms with Gasteiger partial charge in [-0.15, -0.1) is 0 Å². The predicted octanol–water partition coefficient (Wildman–Crippen LogP) is 5.10. The summed E-state index contributed by atoms with van der Waals surface area (Å²) in [4.78, 5) is 13.0. The quantitative estimate of drug-likeness (QED) is 0.600. The second-order valence-electron chi connectivity index (χ2n) is 8.13. The molecule has 2 aromatic rings. The van der Waals surface area contributed by atoms with Crippen molar-refractivity contribution < 1.29 is 17.9 Å². The number of carbonyl (C=O) groups excluding carboxylic acids is 1. The van der Waals surface area contributed by atoms with Crippen LogP contribution in [0.15, 0.2) is 41.3 Å². The summed E-state index contributed by atoms with van der Waals surface area (Å²) < 4.78 is 33.3. The van der Waals surface area contributed by atoms with Gasteiger partial charge in [0.2, 0.25) is 10.0 Å². The second kappa shape index (κ2) is 10.7. The molecule has 0 aliphatic carbocycles. The van der Waals surface area contributed by atoms with E-state index in [-0.39, 0.29) is 27.4 Å². The summed E-state index contributed by atoms with van der Waals surface area (Å²) in [5.74, 6) is 0.449. The van der Waals surface area contributed by atoms with Gasteiger partial charge in [-0.25, -0.2) is 8.42 Å². The Morgan fingerprint density at radius 2 is 1.81 bits per heavy atom. The van der Waals surface area contributed by atoms with Crippen molar-refractivity contribution in [2.24, 2.45) is 0 Å². The fraction of sp³-hybridized carbons (Fsp3) is 0.458. The average Bonchev–Trinajstić information content (AvgIpc) is 3.07. The molecule has 8 heteroatoms. The first-order chi connectivity index (χ1) is 15.3. The van der Waals surface area contributed by atoms with Crippen LogP contribution >= 0.6 is 11.6 Å². The molecule has 174 valence electrons. The van der Waals surface area contributed by atoms with Gasteiger partial charge in [0.1, 0.15) is 10.6 Å². The highest BCUT2D eigenvalue weighted by atomic mass is 35.5. The summed E-state index contributed by atoms with van der Waals surface area (Å²) >= 11 is 6.27. The summed E-state index contributed by atoms with van der Waals surface area (Å²) in [7, 11) is -2.14. The number of benzene rings is 2. The molecule has 0 radical (unpaired) electrons. The van der Waals surface area contributed by atoms with E-state index in [4.69, 9.17) is 16.3 Å². The average molecular weight is 479 g/mol. The third-order valence-electron chi connectivity index (χ3n) is 5.91. The molecule has 1 fully saturated rings. The molecule has 1 aliphatic rings. The van der Waals surface area contributed by atoms with Crippen molar-refractivity contribution in [2.75, 3.05) is 20.2 Å². The third kappa shape index (κ3) is 5.45. The molecule has 1 atom stereocenters. The first kappa shape index (κ1) is 24.6. The van der Waals surface area contributed by atoms with Crippen molar-refractivity contribution in [3.63, 3.8) is 0 Å². The SMILES string of the molecule is CC[C@H](NC(=O)c1ccc(Cl)c(S(=O)(=O)N2CCCCCC2)c1)c1ccc(OC)c(C)c1. The molecule has 0 aromatic heterocycles. The maximum Gasteiger partial charge on any atom is 0.251 e. The molecule has 32 heavy (non-hydrogen) atoms. The van der Waals surface area contributed by atoms with Gasteiger partial charge in [-0.05, 0) is 61.6 Å². The maximum atomic E-state index is 13.2. The topological polar surface area (TPSA) is 75.7 Å². The molecular formula is C24H31ClN2O4S. The number of nitrogens with zero attached hydrogens (tertiary/aromatic N) is 1. The van der Waals surface area contributed by atoms with E-state index in [0.717, 1.165) is 42.6 Å². The fourth-order valence-electron chi connectivity index (χ4n) is 4.04. The van der Waals surface area contributed by atoms with Gasteiger partial charge in [-0.3, -0.25) is 4.79 Å². The van der Waals surface area contributed by atoms with E-state index < -0.39 is 10.0 Å². The molecule has 0 saturated carbocycles. The predicted molar refractivity (Wildman–Crippen MR) is 127 cm³/mol. The van der Waals surface area contributed by atoms with Crippen molar-refractivity contribution in [3.05, 3.63) is 58.1 Å². The van der Waals surface area contributed by atoms with Crippen molar-refractivity contribution >= 4 is 27.5 Å². The summed E-state index contributed by atoms with van der Waals surface area (Å²) in [5, 5.41) is 3.15. The van der Waals surface area contributed by atoms with Gasteiger partial charge < -0.3 is 10.1 Å². The smallest absolute Gasteiger partial charge is 0.251 e. The van der Waals surface area contributed by atoms with Gasteiger partial charge in [0.05, 0.1) is 18.2 Å². The molecule has 1 saturated heterocycles. The Morgan fingerprint density at radius 3 is 2.41 bits per heavy atom. The number of hydrogen-bond donors (Lipinski definition) is 1. The van der Waals surface area contributed by atoms with Crippen LogP contribution in [0.4, 0.5) is 0 Å². The van der Waals surface area contributed by atoms with Crippen molar-refractivity contribution in [3.8, 4) is 5.75 Å². The lowest BCUT2D eigenvalue weighted by molar-refractivity contribution is 0.0935. The number of nitrogens with one attached hydrogen (secondary N) is 1. The minimum absolute atomic E-state index is 0.0120.